The van der Waals surface area contributed by atoms with Crippen LogP contribution in [0, 0.1) is 7.14 Å². The fourth-order valence-electron chi connectivity index (χ4n) is 1.40. The van der Waals surface area contributed by atoms with E-state index in [2.05, 4.69) is 5.10 Å². The van der Waals surface area contributed by atoms with Gasteiger partial charge in [-0.25, -0.2) is 5.43 Å². The second-order valence-corrected chi connectivity index (χ2v) is 6.66. The van der Waals surface area contributed by atoms with Crippen LogP contribution in [0.25, 0.3) is 0 Å². The van der Waals surface area contributed by atoms with Crippen LogP contribution in [0.5, 0.6) is 5.75 Å². The summed E-state index contributed by atoms with van der Waals surface area (Å²) < 4.78 is 94.2. The van der Waals surface area contributed by atoms with Gasteiger partial charge in [0.2, 0.25) is 0 Å². The zero-order valence-electron chi connectivity index (χ0n) is 11.7. The first-order valence-electron chi connectivity index (χ1n) is 6.08. The zero-order chi connectivity index (χ0) is 18.8. The number of hydrogen-bond acceptors (Lipinski definition) is 3. The minimum absolute atomic E-state index is 0.145. The van der Waals surface area contributed by atoms with E-state index in [0.29, 0.717) is 18.8 Å². The lowest BCUT2D eigenvalue weighted by Gasteiger charge is -2.27. The minimum atomic E-state index is -6.42. The molecule has 136 valence electrons. The first kappa shape index (κ1) is 21.5. The van der Waals surface area contributed by atoms with Crippen LogP contribution in [0.3, 0.4) is 0 Å². The molecule has 0 heterocycles. The van der Waals surface area contributed by atoms with E-state index in [1.165, 1.54) is 6.07 Å². The molecule has 0 saturated carbocycles. The van der Waals surface area contributed by atoms with Crippen molar-refractivity contribution in [3.63, 3.8) is 0 Å². The maximum Gasteiger partial charge on any atom is 0.462 e. The van der Waals surface area contributed by atoms with Gasteiger partial charge in [0.05, 0.1) is 16.4 Å². The van der Waals surface area contributed by atoms with E-state index >= 15 is 0 Å². The molecule has 1 aromatic rings. The fourth-order valence-corrected chi connectivity index (χ4v) is 3.45. The third kappa shape index (κ3) is 4.76. The summed E-state index contributed by atoms with van der Waals surface area (Å²) in [6.45, 7) is 1.89. The predicted molar refractivity (Wildman–Crippen MR) is 89.7 cm³/mol. The molecule has 0 radical (unpaired) electrons. The molecule has 1 N–H and O–H groups in total. The van der Waals surface area contributed by atoms with Gasteiger partial charge in [-0.05, 0) is 64.2 Å². The predicted octanol–water partition coefficient (Wildman–Crippen LogP) is 5.01. The molecule has 0 unspecified atom stereocenters. The summed E-state index contributed by atoms with van der Waals surface area (Å²) in [4.78, 5) is 0. The summed E-state index contributed by atoms with van der Waals surface area (Å²) >= 11 is 3.81. The first-order valence-corrected chi connectivity index (χ1v) is 8.23. The maximum atomic E-state index is 13.1. The monoisotopic (exact) mass is 584 g/mol. The van der Waals surface area contributed by atoms with E-state index in [1.807, 2.05) is 45.2 Å². The number of nitrogens with one attached hydrogen (secondary N) is 1. The molecule has 3 nitrogen and oxygen atoms in total. The summed E-state index contributed by atoms with van der Waals surface area (Å²) in [5.74, 6) is -6.03. The maximum absolute atomic E-state index is 13.1. The molecule has 0 amide bonds. The van der Waals surface area contributed by atoms with Crippen molar-refractivity contribution in [1.29, 1.82) is 0 Å². The van der Waals surface area contributed by atoms with Gasteiger partial charge in [-0.2, -0.15) is 35.8 Å². The van der Waals surface area contributed by atoms with Gasteiger partial charge in [-0.1, -0.05) is 0 Å². The Labute approximate surface area is 159 Å². The largest absolute Gasteiger partial charge is 0.492 e. The second kappa shape index (κ2) is 7.78. The number of benzene rings is 1. The molecule has 0 aliphatic carbocycles. The van der Waals surface area contributed by atoms with Gasteiger partial charge in [-0.3, -0.25) is 0 Å². The summed E-state index contributed by atoms with van der Waals surface area (Å²) in [5, 5.41) is 2.83. The molecule has 0 saturated heterocycles. The molecule has 0 atom stereocenters. The molecule has 24 heavy (non-hydrogen) atoms. The number of ether oxygens (including phenoxy) is 1. The van der Waals surface area contributed by atoms with Gasteiger partial charge in [0.15, 0.2) is 0 Å². The third-order valence-corrected chi connectivity index (χ3v) is 3.91. The lowest BCUT2D eigenvalue weighted by Crippen LogP contribution is -2.58. The Morgan fingerprint density at radius 2 is 1.71 bits per heavy atom. The lowest BCUT2D eigenvalue weighted by molar-refractivity contribution is -0.361. The molecule has 0 aliphatic rings. The SMILES string of the molecule is CCOc1c(I)cc(I)cc1/C=N\NC(F)(F)C(F)(F)C(F)(F)F. The highest BCUT2D eigenvalue weighted by atomic mass is 127. The second-order valence-electron chi connectivity index (χ2n) is 4.26. The number of alkyl halides is 7. The standard InChI is InChI=1S/C12H9F7I2N2O/c1-2-24-9-6(3-7(20)4-8(9)21)5-22-23-12(18,19)10(13,14)11(15,16)17/h3-5,23H,2H2,1H3/b22-5-. The minimum Gasteiger partial charge on any atom is -0.492 e. The molecule has 0 spiro atoms. The van der Waals surface area contributed by atoms with E-state index in [9.17, 15) is 30.7 Å². The Morgan fingerprint density at radius 1 is 1.12 bits per heavy atom. The number of rotatable bonds is 6. The molecule has 1 rings (SSSR count). The first-order chi connectivity index (χ1) is 10.8. The average molecular weight is 584 g/mol. The van der Waals surface area contributed by atoms with E-state index in [1.54, 1.807) is 13.0 Å². The average Bonchev–Trinajstić information content (AvgIpc) is 2.40. The number of hydrazone groups is 1. The van der Waals surface area contributed by atoms with E-state index < -0.39 is 18.1 Å². The quantitative estimate of drug-likeness (QED) is 0.168. The van der Waals surface area contributed by atoms with Gasteiger partial charge in [0, 0.05) is 9.13 Å². The van der Waals surface area contributed by atoms with Crippen LogP contribution < -0.4 is 10.2 Å². The highest BCUT2D eigenvalue weighted by Crippen LogP contribution is 2.45. The van der Waals surface area contributed by atoms with Crippen LogP contribution in [0.15, 0.2) is 17.2 Å². The Kier molecular flexibility index (Phi) is 6.97. The van der Waals surface area contributed by atoms with Crippen molar-refractivity contribution in [3.8, 4) is 5.75 Å². The Bertz CT molecular complexity index is 620. The van der Waals surface area contributed by atoms with Crippen LogP contribution in [0.4, 0.5) is 30.7 Å². The van der Waals surface area contributed by atoms with Crippen molar-refractivity contribution in [1.82, 2.24) is 5.43 Å². The molecule has 0 aliphatic heterocycles. The summed E-state index contributed by atoms with van der Waals surface area (Å²) in [6.07, 6.45) is -5.73. The molecular formula is C12H9F7I2N2O. The highest BCUT2D eigenvalue weighted by Gasteiger charge is 2.73. The van der Waals surface area contributed by atoms with Gasteiger partial charge < -0.3 is 4.74 Å². The number of halogens is 9. The summed E-state index contributed by atoms with van der Waals surface area (Å²) in [5.41, 5.74) is 0.713. The van der Waals surface area contributed by atoms with Crippen LogP contribution >= 0.6 is 45.2 Å². The van der Waals surface area contributed by atoms with Crippen molar-refractivity contribution in [2.24, 2.45) is 5.10 Å². The van der Waals surface area contributed by atoms with Crippen LogP contribution in [0.2, 0.25) is 0 Å². The third-order valence-electron chi connectivity index (χ3n) is 2.48. The van der Waals surface area contributed by atoms with Gasteiger partial charge in [0.1, 0.15) is 5.75 Å². The van der Waals surface area contributed by atoms with Crippen LogP contribution in [-0.2, 0) is 0 Å². The molecular weight excluding hydrogens is 575 g/mol. The van der Waals surface area contributed by atoms with Crippen LogP contribution in [-0.4, -0.2) is 31.0 Å². The van der Waals surface area contributed by atoms with Crippen LogP contribution in [0.1, 0.15) is 12.5 Å². The molecule has 12 heteroatoms. The van der Waals surface area contributed by atoms with E-state index in [4.69, 9.17) is 4.74 Å². The highest BCUT2D eigenvalue weighted by molar-refractivity contribution is 14.1. The van der Waals surface area contributed by atoms with Crippen molar-refractivity contribution < 1.29 is 35.5 Å². The molecule has 1 aromatic carbocycles. The van der Waals surface area contributed by atoms with Crippen molar-refractivity contribution in [3.05, 3.63) is 24.8 Å². The number of nitrogens with zero attached hydrogens (tertiary/aromatic N) is 1. The Hall–Kier alpha value is -0.540. The van der Waals surface area contributed by atoms with Gasteiger partial charge in [0.25, 0.3) is 0 Å². The van der Waals surface area contributed by atoms with Crippen molar-refractivity contribution in [2.75, 3.05) is 6.61 Å². The summed E-state index contributed by atoms with van der Waals surface area (Å²) in [6, 6.07) is -2.47. The lowest BCUT2D eigenvalue weighted by atomic mass is 10.2. The van der Waals surface area contributed by atoms with E-state index in [0.717, 1.165) is 0 Å². The smallest absolute Gasteiger partial charge is 0.462 e. The molecule has 0 bridgehead atoms. The normalized spacial score (nSPS) is 13.4. The van der Waals surface area contributed by atoms with Crippen molar-refractivity contribution in [2.45, 2.75) is 25.1 Å². The molecule has 0 aromatic heterocycles. The zero-order valence-corrected chi connectivity index (χ0v) is 16.0. The van der Waals surface area contributed by atoms with Crippen molar-refractivity contribution >= 4 is 51.4 Å². The van der Waals surface area contributed by atoms with Gasteiger partial charge >= 0.3 is 18.1 Å². The van der Waals surface area contributed by atoms with E-state index in [-0.39, 0.29) is 17.9 Å². The molecule has 0 fully saturated rings. The summed E-state index contributed by atoms with van der Waals surface area (Å²) in [7, 11) is 0. The Balaban J connectivity index is 3.07. The fraction of sp³-hybridized carbons (Fsp3) is 0.417. The topological polar surface area (TPSA) is 33.6 Å². The number of hydrogen-bond donors (Lipinski definition) is 1. The van der Waals surface area contributed by atoms with Gasteiger partial charge in [-0.15, -0.1) is 0 Å². The Morgan fingerprint density at radius 3 is 2.21 bits per heavy atom.